The van der Waals surface area contributed by atoms with Gasteiger partial charge in [-0.1, -0.05) is 6.07 Å². The molecular formula is C16H24BrFN2O. The molecule has 0 radical (unpaired) electrons. The molecule has 1 aliphatic heterocycles. The first-order valence-electron chi connectivity index (χ1n) is 7.48. The van der Waals surface area contributed by atoms with Crippen LogP contribution in [0.25, 0.3) is 0 Å². The van der Waals surface area contributed by atoms with Crippen molar-refractivity contribution in [1.82, 2.24) is 10.2 Å². The lowest BCUT2D eigenvalue weighted by molar-refractivity contribution is -0.0541. The first-order chi connectivity index (χ1) is 10.0. The minimum Gasteiger partial charge on any atom is -0.374 e. The van der Waals surface area contributed by atoms with Crippen molar-refractivity contribution in [2.75, 3.05) is 26.7 Å². The summed E-state index contributed by atoms with van der Waals surface area (Å²) in [4.78, 5) is 2.44. The Balaban J connectivity index is 2.03. The van der Waals surface area contributed by atoms with E-state index in [-0.39, 0.29) is 18.0 Å². The van der Waals surface area contributed by atoms with Gasteiger partial charge >= 0.3 is 0 Å². The predicted molar refractivity (Wildman–Crippen MR) is 87.1 cm³/mol. The third kappa shape index (κ3) is 4.49. The van der Waals surface area contributed by atoms with E-state index in [1.165, 1.54) is 6.07 Å². The van der Waals surface area contributed by atoms with Crippen LogP contribution in [0.2, 0.25) is 0 Å². The Bertz CT molecular complexity index is 470. The van der Waals surface area contributed by atoms with Crippen LogP contribution in [-0.4, -0.2) is 49.8 Å². The highest BCUT2D eigenvalue weighted by Crippen LogP contribution is 2.20. The van der Waals surface area contributed by atoms with Crippen LogP contribution in [0.15, 0.2) is 22.7 Å². The van der Waals surface area contributed by atoms with E-state index in [4.69, 9.17) is 4.74 Å². The van der Waals surface area contributed by atoms with Gasteiger partial charge in [-0.2, -0.15) is 0 Å². The van der Waals surface area contributed by atoms with Gasteiger partial charge in [-0.25, -0.2) is 4.39 Å². The largest absolute Gasteiger partial charge is 0.374 e. The highest BCUT2D eigenvalue weighted by molar-refractivity contribution is 9.10. The summed E-state index contributed by atoms with van der Waals surface area (Å²) in [6.07, 6.45) is 0.987. The van der Waals surface area contributed by atoms with E-state index in [0.717, 1.165) is 31.7 Å². The molecule has 2 atom stereocenters. The fraction of sp³-hybridized carbons (Fsp3) is 0.625. The highest BCUT2D eigenvalue weighted by Gasteiger charge is 2.28. The number of ether oxygens (including phenoxy) is 1. The van der Waals surface area contributed by atoms with Gasteiger partial charge in [-0.3, -0.25) is 4.90 Å². The molecule has 0 aromatic heterocycles. The van der Waals surface area contributed by atoms with Crippen molar-refractivity contribution in [1.29, 1.82) is 0 Å². The van der Waals surface area contributed by atoms with E-state index in [2.05, 4.69) is 40.0 Å². The Morgan fingerprint density at radius 1 is 1.48 bits per heavy atom. The van der Waals surface area contributed by atoms with E-state index in [1.54, 1.807) is 0 Å². The standard InChI is InChI=1S/C16H24BrFN2O/c1-11(2)20-6-7-21-16(10-20)15(19-3)9-12-4-5-14(18)13(17)8-12/h4-5,8,11,15-16,19H,6-7,9-10H2,1-3H3. The van der Waals surface area contributed by atoms with E-state index >= 15 is 0 Å². The van der Waals surface area contributed by atoms with Crippen molar-refractivity contribution in [3.05, 3.63) is 34.1 Å². The average Bonchev–Trinajstić information content (AvgIpc) is 2.48. The van der Waals surface area contributed by atoms with Crippen molar-refractivity contribution in [3.8, 4) is 0 Å². The van der Waals surface area contributed by atoms with E-state index in [1.807, 2.05) is 19.2 Å². The number of hydrogen-bond donors (Lipinski definition) is 1. The Morgan fingerprint density at radius 3 is 2.86 bits per heavy atom. The van der Waals surface area contributed by atoms with Crippen molar-refractivity contribution in [2.24, 2.45) is 0 Å². The maximum atomic E-state index is 13.3. The summed E-state index contributed by atoms with van der Waals surface area (Å²) in [5, 5.41) is 3.35. The zero-order valence-corrected chi connectivity index (χ0v) is 14.5. The summed E-state index contributed by atoms with van der Waals surface area (Å²) in [5.74, 6) is -0.223. The number of morpholine rings is 1. The first-order valence-corrected chi connectivity index (χ1v) is 8.27. The number of rotatable bonds is 5. The second kappa shape index (κ2) is 7.68. The van der Waals surface area contributed by atoms with Gasteiger partial charge in [0.2, 0.25) is 0 Å². The Hall–Kier alpha value is -0.490. The van der Waals surface area contributed by atoms with Crippen LogP contribution in [0.4, 0.5) is 4.39 Å². The molecule has 2 unspecified atom stereocenters. The quantitative estimate of drug-likeness (QED) is 0.875. The minimum absolute atomic E-state index is 0.162. The van der Waals surface area contributed by atoms with E-state index in [0.29, 0.717) is 10.5 Å². The highest BCUT2D eigenvalue weighted by atomic mass is 79.9. The predicted octanol–water partition coefficient (Wildman–Crippen LogP) is 2.83. The molecule has 0 saturated carbocycles. The number of nitrogens with one attached hydrogen (secondary N) is 1. The molecule has 0 amide bonds. The summed E-state index contributed by atoms with van der Waals surface area (Å²) >= 11 is 3.25. The Morgan fingerprint density at radius 2 is 2.24 bits per heavy atom. The topological polar surface area (TPSA) is 24.5 Å². The summed E-state index contributed by atoms with van der Waals surface area (Å²) in [7, 11) is 1.96. The van der Waals surface area contributed by atoms with Gasteiger partial charge < -0.3 is 10.1 Å². The molecule has 2 rings (SSSR count). The minimum atomic E-state index is -0.223. The van der Waals surface area contributed by atoms with Crippen LogP contribution in [-0.2, 0) is 11.2 Å². The van der Waals surface area contributed by atoms with Gasteiger partial charge in [0.05, 0.1) is 17.2 Å². The summed E-state index contributed by atoms with van der Waals surface area (Å²) in [5.41, 5.74) is 1.10. The molecule has 0 aliphatic carbocycles. The van der Waals surface area contributed by atoms with Gasteiger partial charge in [0.15, 0.2) is 0 Å². The fourth-order valence-corrected chi connectivity index (χ4v) is 3.18. The van der Waals surface area contributed by atoms with Crippen molar-refractivity contribution < 1.29 is 9.13 Å². The third-order valence-corrected chi connectivity index (χ3v) is 4.72. The molecule has 1 saturated heterocycles. The maximum absolute atomic E-state index is 13.3. The van der Waals surface area contributed by atoms with Crippen LogP contribution in [0.1, 0.15) is 19.4 Å². The second-order valence-electron chi connectivity index (χ2n) is 5.85. The molecule has 1 aromatic carbocycles. The normalized spacial score (nSPS) is 21.7. The zero-order chi connectivity index (χ0) is 15.4. The van der Waals surface area contributed by atoms with Crippen molar-refractivity contribution in [2.45, 2.75) is 38.5 Å². The van der Waals surface area contributed by atoms with Crippen LogP contribution in [0.3, 0.4) is 0 Å². The van der Waals surface area contributed by atoms with Crippen LogP contribution < -0.4 is 5.32 Å². The second-order valence-corrected chi connectivity index (χ2v) is 6.70. The Labute approximate surface area is 135 Å². The lowest BCUT2D eigenvalue weighted by atomic mass is 9.99. The first kappa shape index (κ1) is 16.9. The van der Waals surface area contributed by atoms with E-state index in [9.17, 15) is 4.39 Å². The molecule has 5 heteroatoms. The molecule has 118 valence electrons. The van der Waals surface area contributed by atoms with Crippen LogP contribution in [0, 0.1) is 5.82 Å². The summed E-state index contributed by atoms with van der Waals surface area (Å²) in [6, 6.07) is 5.96. The number of halogens is 2. The average molecular weight is 359 g/mol. The molecule has 0 bridgehead atoms. The van der Waals surface area contributed by atoms with Crippen molar-refractivity contribution >= 4 is 15.9 Å². The van der Waals surface area contributed by atoms with E-state index < -0.39 is 0 Å². The molecule has 1 aliphatic rings. The van der Waals surface area contributed by atoms with Crippen molar-refractivity contribution in [3.63, 3.8) is 0 Å². The van der Waals surface area contributed by atoms with Gasteiger partial charge in [0.25, 0.3) is 0 Å². The number of likely N-dealkylation sites (N-methyl/N-ethyl adjacent to an activating group) is 1. The van der Waals surface area contributed by atoms with Gasteiger partial charge in [-0.15, -0.1) is 0 Å². The maximum Gasteiger partial charge on any atom is 0.137 e. The number of hydrogen-bond acceptors (Lipinski definition) is 3. The Kier molecular flexibility index (Phi) is 6.17. The molecular weight excluding hydrogens is 335 g/mol. The van der Waals surface area contributed by atoms with Crippen LogP contribution in [0.5, 0.6) is 0 Å². The molecule has 1 fully saturated rings. The van der Waals surface area contributed by atoms with Crippen LogP contribution >= 0.6 is 15.9 Å². The monoisotopic (exact) mass is 358 g/mol. The molecule has 3 nitrogen and oxygen atoms in total. The smallest absolute Gasteiger partial charge is 0.137 e. The molecule has 1 aromatic rings. The molecule has 0 spiro atoms. The SMILES string of the molecule is CNC(Cc1ccc(F)c(Br)c1)C1CN(C(C)C)CCO1. The summed E-state index contributed by atoms with van der Waals surface area (Å²) in [6.45, 7) is 7.13. The molecule has 21 heavy (non-hydrogen) atoms. The zero-order valence-electron chi connectivity index (χ0n) is 12.9. The summed E-state index contributed by atoms with van der Waals surface area (Å²) < 4.78 is 19.8. The lowest BCUT2D eigenvalue weighted by Gasteiger charge is -2.39. The lowest BCUT2D eigenvalue weighted by Crippen LogP contribution is -2.53. The molecule has 1 heterocycles. The number of benzene rings is 1. The number of nitrogens with zero attached hydrogens (tertiary/aromatic N) is 1. The molecule has 1 N–H and O–H groups in total. The van der Waals surface area contributed by atoms with Gasteiger partial charge in [-0.05, 0) is 60.9 Å². The third-order valence-electron chi connectivity index (χ3n) is 4.11. The van der Waals surface area contributed by atoms with Gasteiger partial charge in [0, 0.05) is 25.2 Å². The fourth-order valence-electron chi connectivity index (χ4n) is 2.75. The van der Waals surface area contributed by atoms with Gasteiger partial charge in [0.1, 0.15) is 5.82 Å².